The lowest BCUT2D eigenvalue weighted by atomic mass is 10.2. The number of rotatable bonds is 4. The van der Waals surface area contributed by atoms with E-state index in [-0.39, 0.29) is 18.7 Å². The summed E-state index contributed by atoms with van der Waals surface area (Å²) in [5.74, 6) is 0. The SMILES string of the molecule is CC(C)(C)OC(=O)N1CCC[C@H]1COCCF. The Morgan fingerprint density at radius 2 is 2.18 bits per heavy atom. The maximum Gasteiger partial charge on any atom is 0.410 e. The van der Waals surface area contributed by atoms with E-state index in [9.17, 15) is 9.18 Å². The highest BCUT2D eigenvalue weighted by Gasteiger charge is 2.32. The molecule has 1 aliphatic heterocycles. The van der Waals surface area contributed by atoms with Crippen LogP contribution in [0.15, 0.2) is 0 Å². The number of hydrogen-bond acceptors (Lipinski definition) is 3. The number of ether oxygens (including phenoxy) is 2. The summed E-state index contributed by atoms with van der Waals surface area (Å²) in [6, 6.07) is 0.0244. The van der Waals surface area contributed by atoms with E-state index in [1.54, 1.807) is 4.90 Å². The molecular formula is C12H22FNO3. The highest BCUT2D eigenvalue weighted by molar-refractivity contribution is 5.68. The predicted molar refractivity (Wildman–Crippen MR) is 62.8 cm³/mol. The second-order valence-electron chi connectivity index (χ2n) is 5.23. The van der Waals surface area contributed by atoms with Gasteiger partial charge in [-0.3, -0.25) is 0 Å². The molecular weight excluding hydrogens is 225 g/mol. The standard InChI is InChI=1S/C12H22FNO3/c1-12(2,3)17-11(15)14-7-4-5-10(14)9-16-8-6-13/h10H,4-9H2,1-3H3/t10-/m0/s1. The van der Waals surface area contributed by atoms with Gasteiger partial charge in [-0.25, -0.2) is 9.18 Å². The summed E-state index contributed by atoms with van der Waals surface area (Å²) in [6.07, 6.45) is 1.54. The van der Waals surface area contributed by atoms with Crippen molar-refractivity contribution in [3.63, 3.8) is 0 Å². The van der Waals surface area contributed by atoms with Crippen LogP contribution in [0.4, 0.5) is 9.18 Å². The number of nitrogens with zero attached hydrogens (tertiary/aromatic N) is 1. The van der Waals surface area contributed by atoms with Crippen molar-refractivity contribution in [1.82, 2.24) is 4.90 Å². The van der Waals surface area contributed by atoms with E-state index in [4.69, 9.17) is 9.47 Å². The molecule has 1 rings (SSSR count). The first-order chi connectivity index (χ1) is 7.94. The molecule has 0 aromatic carbocycles. The average molecular weight is 247 g/mol. The molecule has 0 radical (unpaired) electrons. The fourth-order valence-corrected chi connectivity index (χ4v) is 1.84. The molecule has 0 aliphatic carbocycles. The molecule has 1 aliphatic rings. The van der Waals surface area contributed by atoms with Crippen LogP contribution in [-0.4, -0.2) is 49.1 Å². The van der Waals surface area contributed by atoms with Crippen molar-refractivity contribution >= 4 is 6.09 Å². The van der Waals surface area contributed by atoms with Crippen molar-refractivity contribution < 1.29 is 18.7 Å². The second-order valence-corrected chi connectivity index (χ2v) is 5.23. The molecule has 1 saturated heterocycles. The Kier molecular flexibility index (Phi) is 5.18. The van der Waals surface area contributed by atoms with Crippen LogP contribution in [0.3, 0.4) is 0 Å². The van der Waals surface area contributed by atoms with Gasteiger partial charge in [0.05, 0.1) is 19.3 Å². The molecule has 0 spiro atoms. The van der Waals surface area contributed by atoms with Gasteiger partial charge in [-0.15, -0.1) is 0 Å². The van der Waals surface area contributed by atoms with Gasteiger partial charge in [0, 0.05) is 6.54 Å². The Labute approximate surface area is 102 Å². The maximum absolute atomic E-state index is 11.9. The van der Waals surface area contributed by atoms with Gasteiger partial charge in [0.1, 0.15) is 12.3 Å². The highest BCUT2D eigenvalue weighted by Crippen LogP contribution is 2.20. The average Bonchev–Trinajstić information content (AvgIpc) is 2.64. The first-order valence-electron chi connectivity index (χ1n) is 6.07. The van der Waals surface area contributed by atoms with Crippen molar-refractivity contribution in [1.29, 1.82) is 0 Å². The van der Waals surface area contributed by atoms with E-state index in [0.29, 0.717) is 13.2 Å². The Bertz CT molecular complexity index is 253. The van der Waals surface area contributed by atoms with Crippen LogP contribution < -0.4 is 0 Å². The quantitative estimate of drug-likeness (QED) is 0.716. The second kappa shape index (κ2) is 6.19. The number of amides is 1. The smallest absolute Gasteiger partial charge is 0.410 e. The molecule has 17 heavy (non-hydrogen) atoms. The molecule has 0 N–H and O–H groups in total. The van der Waals surface area contributed by atoms with Crippen molar-refractivity contribution in [3.8, 4) is 0 Å². The maximum atomic E-state index is 11.9. The number of carbonyl (C=O) groups excluding carboxylic acids is 1. The summed E-state index contributed by atoms with van der Waals surface area (Å²) in [7, 11) is 0. The largest absolute Gasteiger partial charge is 0.444 e. The highest BCUT2D eigenvalue weighted by atomic mass is 19.1. The van der Waals surface area contributed by atoms with Crippen LogP contribution in [-0.2, 0) is 9.47 Å². The Balaban J connectivity index is 2.42. The third kappa shape index (κ3) is 4.89. The van der Waals surface area contributed by atoms with Crippen LogP contribution >= 0.6 is 0 Å². The van der Waals surface area contributed by atoms with E-state index in [2.05, 4.69) is 0 Å². The third-order valence-electron chi connectivity index (χ3n) is 2.54. The summed E-state index contributed by atoms with van der Waals surface area (Å²) < 4.78 is 22.4. The van der Waals surface area contributed by atoms with Crippen molar-refractivity contribution in [3.05, 3.63) is 0 Å². The van der Waals surface area contributed by atoms with Crippen LogP contribution in [0.1, 0.15) is 33.6 Å². The number of halogens is 1. The molecule has 5 heteroatoms. The van der Waals surface area contributed by atoms with Crippen molar-refractivity contribution in [2.45, 2.75) is 45.3 Å². The Morgan fingerprint density at radius 1 is 1.47 bits per heavy atom. The number of hydrogen-bond donors (Lipinski definition) is 0. The zero-order valence-electron chi connectivity index (χ0n) is 10.9. The summed E-state index contributed by atoms with van der Waals surface area (Å²) in [4.78, 5) is 13.6. The zero-order chi connectivity index (χ0) is 12.9. The third-order valence-corrected chi connectivity index (χ3v) is 2.54. The van der Waals surface area contributed by atoms with E-state index in [0.717, 1.165) is 12.8 Å². The monoisotopic (exact) mass is 247 g/mol. The molecule has 1 heterocycles. The van der Waals surface area contributed by atoms with Gasteiger partial charge in [0.15, 0.2) is 0 Å². The predicted octanol–water partition coefficient (Wildman–Crippen LogP) is 2.37. The van der Waals surface area contributed by atoms with Crippen LogP contribution in [0, 0.1) is 0 Å². The summed E-state index contributed by atoms with van der Waals surface area (Å²) in [6.45, 7) is 6.22. The zero-order valence-corrected chi connectivity index (χ0v) is 10.9. The topological polar surface area (TPSA) is 38.8 Å². The fraction of sp³-hybridized carbons (Fsp3) is 0.917. The molecule has 1 atom stereocenters. The fourth-order valence-electron chi connectivity index (χ4n) is 1.84. The molecule has 100 valence electrons. The van der Waals surface area contributed by atoms with E-state index in [1.165, 1.54) is 0 Å². The van der Waals surface area contributed by atoms with Crippen molar-refractivity contribution in [2.24, 2.45) is 0 Å². The number of likely N-dealkylation sites (tertiary alicyclic amines) is 1. The van der Waals surface area contributed by atoms with E-state index < -0.39 is 12.3 Å². The number of carbonyl (C=O) groups is 1. The molecule has 0 bridgehead atoms. The van der Waals surface area contributed by atoms with E-state index in [1.807, 2.05) is 20.8 Å². The molecule has 1 fully saturated rings. The number of alkyl halides is 1. The van der Waals surface area contributed by atoms with Gasteiger partial charge >= 0.3 is 6.09 Å². The van der Waals surface area contributed by atoms with Gasteiger partial charge in [0.25, 0.3) is 0 Å². The summed E-state index contributed by atoms with van der Waals surface area (Å²) in [5, 5.41) is 0. The van der Waals surface area contributed by atoms with Crippen LogP contribution in [0.5, 0.6) is 0 Å². The van der Waals surface area contributed by atoms with Gasteiger partial charge in [-0.05, 0) is 33.6 Å². The molecule has 1 amide bonds. The van der Waals surface area contributed by atoms with Crippen LogP contribution in [0.25, 0.3) is 0 Å². The lowest BCUT2D eigenvalue weighted by molar-refractivity contribution is 0.00970. The first-order valence-corrected chi connectivity index (χ1v) is 6.07. The minimum atomic E-state index is -0.487. The van der Waals surface area contributed by atoms with Gasteiger partial charge in [0.2, 0.25) is 0 Å². The molecule has 0 aromatic rings. The normalized spacial score (nSPS) is 20.7. The summed E-state index contributed by atoms with van der Waals surface area (Å²) in [5.41, 5.74) is -0.482. The molecule has 4 nitrogen and oxygen atoms in total. The van der Waals surface area contributed by atoms with Gasteiger partial charge in [-0.1, -0.05) is 0 Å². The minimum Gasteiger partial charge on any atom is -0.444 e. The van der Waals surface area contributed by atoms with Gasteiger partial charge < -0.3 is 14.4 Å². The lowest BCUT2D eigenvalue weighted by Crippen LogP contribution is -2.41. The first kappa shape index (κ1) is 14.2. The minimum absolute atomic E-state index is 0.0244. The summed E-state index contributed by atoms with van der Waals surface area (Å²) >= 11 is 0. The van der Waals surface area contributed by atoms with Crippen LogP contribution in [0.2, 0.25) is 0 Å². The van der Waals surface area contributed by atoms with Crippen molar-refractivity contribution in [2.75, 3.05) is 26.4 Å². The lowest BCUT2D eigenvalue weighted by Gasteiger charge is -2.28. The van der Waals surface area contributed by atoms with E-state index >= 15 is 0 Å². The van der Waals surface area contributed by atoms with Gasteiger partial charge in [-0.2, -0.15) is 0 Å². The molecule has 0 saturated carbocycles. The molecule has 0 aromatic heterocycles. The Hall–Kier alpha value is -0.840. The molecule has 0 unspecified atom stereocenters. The Morgan fingerprint density at radius 3 is 2.76 bits per heavy atom.